The fourth-order valence-electron chi connectivity index (χ4n) is 1.69. The summed E-state index contributed by atoms with van der Waals surface area (Å²) >= 11 is 1.89. The SMILES string of the molecule is N#Cc1c(F)cccc1N1CCSCC1. The summed E-state index contributed by atoms with van der Waals surface area (Å²) in [6, 6.07) is 6.75. The topological polar surface area (TPSA) is 27.0 Å². The van der Waals surface area contributed by atoms with Gasteiger partial charge in [-0.3, -0.25) is 0 Å². The van der Waals surface area contributed by atoms with E-state index in [2.05, 4.69) is 4.90 Å². The normalized spacial score (nSPS) is 16.1. The number of nitrogens with zero attached hydrogens (tertiary/aromatic N) is 2. The Hall–Kier alpha value is -1.21. The van der Waals surface area contributed by atoms with Crippen LogP contribution in [0, 0.1) is 17.1 Å². The molecule has 1 aliphatic heterocycles. The average molecular weight is 222 g/mol. The molecule has 1 saturated heterocycles. The van der Waals surface area contributed by atoms with Crippen molar-refractivity contribution in [2.24, 2.45) is 0 Å². The molecule has 1 aromatic rings. The monoisotopic (exact) mass is 222 g/mol. The summed E-state index contributed by atoms with van der Waals surface area (Å²) in [5.41, 5.74) is 0.905. The largest absolute Gasteiger partial charge is 0.369 e. The lowest BCUT2D eigenvalue weighted by Crippen LogP contribution is -2.33. The lowest BCUT2D eigenvalue weighted by Gasteiger charge is -2.29. The van der Waals surface area contributed by atoms with Crippen molar-refractivity contribution in [3.63, 3.8) is 0 Å². The quantitative estimate of drug-likeness (QED) is 0.729. The highest BCUT2D eigenvalue weighted by molar-refractivity contribution is 7.99. The van der Waals surface area contributed by atoms with Gasteiger partial charge in [0, 0.05) is 24.6 Å². The zero-order valence-electron chi connectivity index (χ0n) is 8.24. The van der Waals surface area contributed by atoms with Gasteiger partial charge in [0.2, 0.25) is 0 Å². The predicted molar refractivity (Wildman–Crippen MR) is 60.7 cm³/mol. The molecule has 0 bridgehead atoms. The van der Waals surface area contributed by atoms with Gasteiger partial charge in [-0.2, -0.15) is 17.0 Å². The Morgan fingerprint density at radius 1 is 1.33 bits per heavy atom. The van der Waals surface area contributed by atoms with Gasteiger partial charge in [-0.25, -0.2) is 4.39 Å². The molecule has 0 amide bonds. The van der Waals surface area contributed by atoms with E-state index in [1.54, 1.807) is 6.07 Å². The van der Waals surface area contributed by atoms with Gasteiger partial charge in [-0.05, 0) is 12.1 Å². The number of nitriles is 1. The van der Waals surface area contributed by atoms with Gasteiger partial charge in [0.25, 0.3) is 0 Å². The fraction of sp³-hybridized carbons (Fsp3) is 0.364. The van der Waals surface area contributed by atoms with Crippen molar-refractivity contribution in [1.82, 2.24) is 0 Å². The first-order chi connectivity index (χ1) is 7.33. The second kappa shape index (κ2) is 4.54. The Balaban J connectivity index is 2.34. The van der Waals surface area contributed by atoms with Crippen LogP contribution >= 0.6 is 11.8 Å². The molecular weight excluding hydrogens is 211 g/mol. The molecule has 0 saturated carbocycles. The summed E-state index contributed by atoms with van der Waals surface area (Å²) in [4.78, 5) is 2.08. The number of rotatable bonds is 1. The molecule has 15 heavy (non-hydrogen) atoms. The summed E-state index contributed by atoms with van der Waals surface area (Å²) < 4.78 is 13.4. The summed E-state index contributed by atoms with van der Waals surface area (Å²) in [6.45, 7) is 1.78. The van der Waals surface area contributed by atoms with Crippen LogP contribution in [0.15, 0.2) is 18.2 Å². The van der Waals surface area contributed by atoms with Gasteiger partial charge in [0.15, 0.2) is 0 Å². The Kier molecular flexibility index (Phi) is 3.12. The van der Waals surface area contributed by atoms with Crippen molar-refractivity contribution >= 4 is 17.4 Å². The zero-order chi connectivity index (χ0) is 10.7. The van der Waals surface area contributed by atoms with E-state index >= 15 is 0 Å². The van der Waals surface area contributed by atoms with Crippen molar-refractivity contribution in [1.29, 1.82) is 5.26 Å². The zero-order valence-corrected chi connectivity index (χ0v) is 9.06. The lowest BCUT2D eigenvalue weighted by atomic mass is 10.1. The third kappa shape index (κ3) is 2.07. The number of benzene rings is 1. The van der Waals surface area contributed by atoms with Crippen LogP contribution in [0.25, 0.3) is 0 Å². The maximum Gasteiger partial charge on any atom is 0.143 e. The lowest BCUT2D eigenvalue weighted by molar-refractivity contribution is 0.622. The van der Waals surface area contributed by atoms with Gasteiger partial charge in [-0.1, -0.05) is 6.07 Å². The minimum atomic E-state index is -0.423. The molecule has 78 valence electrons. The second-order valence-corrected chi connectivity index (χ2v) is 4.57. The second-order valence-electron chi connectivity index (χ2n) is 3.35. The van der Waals surface area contributed by atoms with Crippen LogP contribution < -0.4 is 4.90 Å². The van der Waals surface area contributed by atoms with E-state index in [9.17, 15) is 4.39 Å². The maximum atomic E-state index is 13.4. The molecule has 0 spiro atoms. The third-order valence-corrected chi connectivity index (χ3v) is 3.40. The fourth-order valence-corrected chi connectivity index (χ4v) is 2.59. The molecule has 1 fully saturated rings. The first-order valence-corrected chi connectivity index (χ1v) is 5.99. The van der Waals surface area contributed by atoms with Crippen LogP contribution in [0.4, 0.5) is 10.1 Å². The molecule has 1 heterocycles. The first-order valence-electron chi connectivity index (χ1n) is 4.84. The number of anilines is 1. The standard InChI is InChI=1S/C11H11FN2S/c12-10-2-1-3-11(9(10)8-13)14-4-6-15-7-5-14/h1-3H,4-7H2. The molecule has 0 unspecified atom stereocenters. The van der Waals surface area contributed by atoms with Crippen LogP contribution in [0.2, 0.25) is 0 Å². The number of hydrogen-bond donors (Lipinski definition) is 0. The van der Waals surface area contributed by atoms with Crippen LogP contribution in [-0.2, 0) is 0 Å². The Morgan fingerprint density at radius 3 is 2.73 bits per heavy atom. The maximum absolute atomic E-state index is 13.4. The molecule has 2 rings (SSSR count). The molecule has 0 N–H and O–H groups in total. The Morgan fingerprint density at radius 2 is 2.07 bits per heavy atom. The summed E-state index contributed by atoms with van der Waals surface area (Å²) in [5.74, 6) is 1.66. The molecule has 1 aliphatic rings. The highest BCUT2D eigenvalue weighted by Gasteiger charge is 2.16. The summed E-state index contributed by atoms with van der Waals surface area (Å²) in [7, 11) is 0. The van der Waals surface area contributed by atoms with Crippen molar-refractivity contribution in [2.75, 3.05) is 29.5 Å². The van der Waals surface area contributed by atoms with E-state index in [1.165, 1.54) is 6.07 Å². The molecular formula is C11H11FN2S. The molecule has 4 heteroatoms. The van der Waals surface area contributed by atoms with Gasteiger partial charge >= 0.3 is 0 Å². The van der Waals surface area contributed by atoms with E-state index in [4.69, 9.17) is 5.26 Å². The number of thioether (sulfide) groups is 1. The number of halogens is 1. The van der Waals surface area contributed by atoms with Gasteiger partial charge < -0.3 is 4.90 Å². The van der Waals surface area contributed by atoms with Crippen molar-refractivity contribution in [3.05, 3.63) is 29.6 Å². The van der Waals surface area contributed by atoms with E-state index in [0.29, 0.717) is 0 Å². The average Bonchev–Trinajstić information content (AvgIpc) is 2.30. The number of hydrogen-bond acceptors (Lipinski definition) is 3. The van der Waals surface area contributed by atoms with Crippen molar-refractivity contribution < 1.29 is 4.39 Å². The van der Waals surface area contributed by atoms with Crippen LogP contribution in [-0.4, -0.2) is 24.6 Å². The Labute approximate surface area is 92.7 Å². The van der Waals surface area contributed by atoms with Crippen molar-refractivity contribution in [2.45, 2.75) is 0 Å². The predicted octanol–water partition coefficient (Wildman–Crippen LogP) is 2.25. The molecule has 1 aromatic carbocycles. The van der Waals surface area contributed by atoms with Crippen LogP contribution in [0.3, 0.4) is 0 Å². The van der Waals surface area contributed by atoms with Crippen LogP contribution in [0.5, 0.6) is 0 Å². The van der Waals surface area contributed by atoms with Gasteiger partial charge in [-0.15, -0.1) is 0 Å². The van der Waals surface area contributed by atoms with Crippen LogP contribution in [0.1, 0.15) is 5.56 Å². The third-order valence-electron chi connectivity index (χ3n) is 2.46. The minimum absolute atomic E-state index is 0.171. The minimum Gasteiger partial charge on any atom is -0.369 e. The summed E-state index contributed by atoms with van der Waals surface area (Å²) in [6.07, 6.45) is 0. The van der Waals surface area contributed by atoms with E-state index in [0.717, 1.165) is 30.3 Å². The van der Waals surface area contributed by atoms with E-state index < -0.39 is 5.82 Å². The smallest absolute Gasteiger partial charge is 0.143 e. The molecule has 0 atom stereocenters. The van der Waals surface area contributed by atoms with E-state index in [-0.39, 0.29) is 5.56 Å². The van der Waals surface area contributed by atoms with E-state index in [1.807, 2.05) is 23.9 Å². The first kappa shape index (κ1) is 10.3. The Bertz CT molecular complexity index is 394. The molecule has 0 radical (unpaired) electrons. The molecule has 0 aromatic heterocycles. The molecule has 0 aliphatic carbocycles. The van der Waals surface area contributed by atoms with Gasteiger partial charge in [0.1, 0.15) is 17.4 Å². The van der Waals surface area contributed by atoms with Crippen molar-refractivity contribution in [3.8, 4) is 6.07 Å². The van der Waals surface area contributed by atoms with Gasteiger partial charge in [0.05, 0.1) is 5.69 Å². The molecule has 2 nitrogen and oxygen atoms in total. The summed E-state index contributed by atoms with van der Waals surface area (Å²) in [5, 5.41) is 8.91. The highest BCUT2D eigenvalue weighted by atomic mass is 32.2. The highest BCUT2D eigenvalue weighted by Crippen LogP contribution is 2.24.